The molecule has 2 aromatic heterocycles. The van der Waals surface area contributed by atoms with Crippen molar-refractivity contribution >= 4 is 17.3 Å². The van der Waals surface area contributed by atoms with Crippen LogP contribution in [0.2, 0.25) is 0 Å². The van der Waals surface area contributed by atoms with E-state index in [1.807, 2.05) is 13.0 Å². The van der Waals surface area contributed by atoms with E-state index >= 15 is 0 Å². The van der Waals surface area contributed by atoms with Gasteiger partial charge in [-0.15, -0.1) is 11.3 Å². The molecule has 0 aliphatic heterocycles. The SMILES string of the molecule is Cc1ccnc(NCCc2csc(C(C)C)n2)n1. The average Bonchev–Trinajstić information content (AvgIpc) is 2.78. The Kier molecular flexibility index (Phi) is 4.25. The molecule has 0 unspecified atom stereocenters. The van der Waals surface area contributed by atoms with Crippen molar-refractivity contribution in [3.63, 3.8) is 0 Å². The molecule has 0 aliphatic rings. The Hall–Kier alpha value is -1.49. The lowest BCUT2D eigenvalue weighted by Crippen LogP contribution is -2.08. The monoisotopic (exact) mass is 262 g/mol. The molecule has 4 nitrogen and oxygen atoms in total. The van der Waals surface area contributed by atoms with E-state index in [-0.39, 0.29) is 0 Å². The van der Waals surface area contributed by atoms with Crippen LogP contribution in [0.15, 0.2) is 17.6 Å². The molecule has 0 radical (unpaired) electrons. The topological polar surface area (TPSA) is 50.7 Å². The first-order valence-electron chi connectivity index (χ1n) is 6.13. The lowest BCUT2D eigenvalue weighted by atomic mass is 10.2. The molecule has 0 spiro atoms. The number of nitrogens with one attached hydrogen (secondary N) is 1. The number of rotatable bonds is 5. The van der Waals surface area contributed by atoms with Crippen molar-refractivity contribution in [2.45, 2.75) is 33.1 Å². The van der Waals surface area contributed by atoms with Gasteiger partial charge in [-0.05, 0) is 13.0 Å². The molecule has 0 fully saturated rings. The Morgan fingerprint density at radius 3 is 2.83 bits per heavy atom. The summed E-state index contributed by atoms with van der Waals surface area (Å²) in [5, 5.41) is 6.55. The van der Waals surface area contributed by atoms with E-state index in [1.165, 1.54) is 5.01 Å². The van der Waals surface area contributed by atoms with Gasteiger partial charge in [0.2, 0.25) is 5.95 Å². The number of thiazole rings is 1. The molecule has 2 rings (SSSR count). The highest BCUT2D eigenvalue weighted by Gasteiger charge is 2.05. The molecule has 5 heteroatoms. The van der Waals surface area contributed by atoms with Gasteiger partial charge >= 0.3 is 0 Å². The number of hydrogen-bond acceptors (Lipinski definition) is 5. The van der Waals surface area contributed by atoms with Crippen LogP contribution < -0.4 is 5.32 Å². The van der Waals surface area contributed by atoms with Crippen LogP contribution in [0, 0.1) is 6.92 Å². The smallest absolute Gasteiger partial charge is 0.222 e. The second-order valence-electron chi connectivity index (χ2n) is 4.53. The van der Waals surface area contributed by atoms with Gasteiger partial charge < -0.3 is 5.32 Å². The summed E-state index contributed by atoms with van der Waals surface area (Å²) in [4.78, 5) is 13.1. The number of anilines is 1. The Labute approximate surface area is 112 Å². The molecule has 2 aromatic rings. The number of hydrogen-bond donors (Lipinski definition) is 1. The molecule has 1 N–H and O–H groups in total. The van der Waals surface area contributed by atoms with Gasteiger partial charge in [0.15, 0.2) is 0 Å². The fourth-order valence-corrected chi connectivity index (χ4v) is 2.41. The van der Waals surface area contributed by atoms with Crippen LogP contribution in [-0.2, 0) is 6.42 Å². The summed E-state index contributed by atoms with van der Waals surface area (Å²) >= 11 is 1.74. The molecule has 96 valence electrons. The zero-order valence-corrected chi connectivity index (χ0v) is 11.8. The number of aromatic nitrogens is 3. The van der Waals surface area contributed by atoms with Crippen molar-refractivity contribution in [1.82, 2.24) is 15.0 Å². The van der Waals surface area contributed by atoms with Crippen molar-refractivity contribution in [2.75, 3.05) is 11.9 Å². The van der Waals surface area contributed by atoms with Gasteiger partial charge in [0.25, 0.3) is 0 Å². The summed E-state index contributed by atoms with van der Waals surface area (Å²) < 4.78 is 0. The normalized spacial score (nSPS) is 10.9. The van der Waals surface area contributed by atoms with E-state index < -0.39 is 0 Å². The quantitative estimate of drug-likeness (QED) is 0.900. The molecular weight excluding hydrogens is 244 g/mol. The summed E-state index contributed by atoms with van der Waals surface area (Å²) in [5.74, 6) is 1.20. The minimum absolute atomic E-state index is 0.511. The average molecular weight is 262 g/mol. The Morgan fingerprint density at radius 1 is 1.33 bits per heavy atom. The zero-order chi connectivity index (χ0) is 13.0. The third-order valence-electron chi connectivity index (χ3n) is 2.52. The van der Waals surface area contributed by atoms with Crippen molar-refractivity contribution < 1.29 is 0 Å². The Bertz CT molecular complexity index is 507. The number of aryl methyl sites for hydroxylation is 1. The Balaban J connectivity index is 1.84. The molecule has 2 heterocycles. The summed E-state index contributed by atoms with van der Waals surface area (Å²) in [6, 6.07) is 1.89. The van der Waals surface area contributed by atoms with Crippen LogP contribution in [0.1, 0.15) is 36.2 Å². The summed E-state index contributed by atoms with van der Waals surface area (Å²) in [6.07, 6.45) is 2.67. The molecule has 18 heavy (non-hydrogen) atoms. The van der Waals surface area contributed by atoms with Gasteiger partial charge in [-0.25, -0.2) is 15.0 Å². The maximum atomic E-state index is 4.60. The number of nitrogens with zero attached hydrogens (tertiary/aromatic N) is 3. The van der Waals surface area contributed by atoms with E-state index in [1.54, 1.807) is 17.5 Å². The van der Waals surface area contributed by atoms with Gasteiger partial charge in [0, 0.05) is 36.2 Å². The first-order chi connectivity index (χ1) is 8.65. The highest BCUT2D eigenvalue weighted by Crippen LogP contribution is 2.19. The van der Waals surface area contributed by atoms with Crippen molar-refractivity contribution in [2.24, 2.45) is 0 Å². The standard InChI is InChI=1S/C13H18N4S/c1-9(2)12-17-11(8-18-12)5-7-15-13-14-6-4-10(3)16-13/h4,6,8-9H,5,7H2,1-3H3,(H,14,15,16). The molecule has 0 aliphatic carbocycles. The fraction of sp³-hybridized carbons (Fsp3) is 0.462. The minimum atomic E-state index is 0.511. The predicted octanol–water partition coefficient (Wildman–Crippen LogP) is 3.02. The van der Waals surface area contributed by atoms with Crippen LogP contribution in [-0.4, -0.2) is 21.5 Å². The largest absolute Gasteiger partial charge is 0.354 e. The first kappa shape index (κ1) is 13.0. The van der Waals surface area contributed by atoms with Gasteiger partial charge in [-0.1, -0.05) is 13.8 Å². The van der Waals surface area contributed by atoms with E-state index in [4.69, 9.17) is 0 Å². The second-order valence-corrected chi connectivity index (χ2v) is 5.42. The van der Waals surface area contributed by atoms with Gasteiger partial charge in [0.1, 0.15) is 0 Å². The second kappa shape index (κ2) is 5.91. The van der Waals surface area contributed by atoms with E-state index in [0.717, 1.165) is 24.4 Å². The minimum Gasteiger partial charge on any atom is -0.354 e. The highest BCUT2D eigenvalue weighted by molar-refractivity contribution is 7.09. The molecule has 0 saturated carbocycles. The molecule has 0 atom stereocenters. The zero-order valence-electron chi connectivity index (χ0n) is 11.0. The summed E-state index contributed by atoms with van der Waals surface area (Å²) in [6.45, 7) is 7.11. The molecule has 0 aromatic carbocycles. The lowest BCUT2D eigenvalue weighted by molar-refractivity contribution is 0.834. The maximum Gasteiger partial charge on any atom is 0.222 e. The van der Waals surface area contributed by atoms with Gasteiger partial charge in [-0.3, -0.25) is 0 Å². The maximum absolute atomic E-state index is 4.60. The molecule has 0 saturated heterocycles. The van der Waals surface area contributed by atoms with E-state index in [2.05, 4.69) is 39.5 Å². The van der Waals surface area contributed by atoms with Crippen LogP contribution in [0.5, 0.6) is 0 Å². The molecule has 0 bridgehead atoms. The van der Waals surface area contributed by atoms with Crippen LogP contribution in [0.3, 0.4) is 0 Å². The highest BCUT2D eigenvalue weighted by atomic mass is 32.1. The fourth-order valence-electron chi connectivity index (χ4n) is 1.54. The molecular formula is C13H18N4S. The third-order valence-corrected chi connectivity index (χ3v) is 3.72. The predicted molar refractivity (Wildman–Crippen MR) is 75.2 cm³/mol. The van der Waals surface area contributed by atoms with E-state index in [0.29, 0.717) is 11.9 Å². The molecule has 0 amide bonds. The van der Waals surface area contributed by atoms with Gasteiger partial charge in [0.05, 0.1) is 10.7 Å². The van der Waals surface area contributed by atoms with Crippen molar-refractivity contribution in [3.8, 4) is 0 Å². The van der Waals surface area contributed by atoms with Crippen LogP contribution >= 0.6 is 11.3 Å². The van der Waals surface area contributed by atoms with Crippen LogP contribution in [0.25, 0.3) is 0 Å². The summed E-state index contributed by atoms with van der Waals surface area (Å²) in [5.41, 5.74) is 2.12. The van der Waals surface area contributed by atoms with Crippen molar-refractivity contribution in [3.05, 3.63) is 34.0 Å². The lowest BCUT2D eigenvalue weighted by Gasteiger charge is -2.03. The van der Waals surface area contributed by atoms with E-state index in [9.17, 15) is 0 Å². The van der Waals surface area contributed by atoms with Gasteiger partial charge in [-0.2, -0.15) is 0 Å². The first-order valence-corrected chi connectivity index (χ1v) is 7.01. The summed E-state index contributed by atoms with van der Waals surface area (Å²) in [7, 11) is 0. The third kappa shape index (κ3) is 3.50. The van der Waals surface area contributed by atoms with Crippen molar-refractivity contribution in [1.29, 1.82) is 0 Å². The van der Waals surface area contributed by atoms with Crippen LogP contribution in [0.4, 0.5) is 5.95 Å². The Morgan fingerprint density at radius 2 is 2.17 bits per heavy atom.